The highest BCUT2D eigenvalue weighted by Gasteiger charge is 2.32. The van der Waals surface area contributed by atoms with Gasteiger partial charge in [-0.05, 0) is 36.6 Å². The first-order valence-electron chi connectivity index (χ1n) is 6.59. The average Bonchev–Trinajstić information content (AvgIpc) is 2.93. The zero-order chi connectivity index (χ0) is 14.6. The van der Waals surface area contributed by atoms with E-state index in [2.05, 4.69) is 91.1 Å². The molecule has 1 aromatic carbocycles. The number of alkyl halides is 2. The Kier molecular flexibility index (Phi) is 6.33. The Morgan fingerprint density at radius 2 is 1.65 bits per heavy atom. The summed E-state index contributed by atoms with van der Waals surface area (Å²) in [7, 11) is 0. The lowest BCUT2D eigenvalue weighted by molar-refractivity contribution is 0.553. The minimum Gasteiger partial charge on any atom is -0.145 e. The summed E-state index contributed by atoms with van der Waals surface area (Å²) in [5.41, 5.74) is 1.44. The van der Waals surface area contributed by atoms with Crippen molar-refractivity contribution in [1.29, 1.82) is 0 Å². The number of benzene rings is 1. The Hall–Kier alpha value is 0.360. The Bertz CT molecular complexity index is 558. The first-order chi connectivity index (χ1) is 9.65. The van der Waals surface area contributed by atoms with E-state index in [1.807, 2.05) is 11.3 Å². The quantitative estimate of drug-likeness (QED) is 0.423. The van der Waals surface area contributed by atoms with E-state index in [1.54, 1.807) is 0 Å². The van der Waals surface area contributed by atoms with E-state index in [1.165, 1.54) is 19.8 Å². The van der Waals surface area contributed by atoms with E-state index < -0.39 is 0 Å². The van der Waals surface area contributed by atoms with Gasteiger partial charge in [0, 0.05) is 30.3 Å². The number of thiophene rings is 1. The van der Waals surface area contributed by atoms with Gasteiger partial charge in [0.2, 0.25) is 0 Å². The molecule has 2 rings (SSSR count). The lowest BCUT2D eigenvalue weighted by Gasteiger charge is -2.31. The number of hydrogen-bond donors (Lipinski definition) is 0. The molecule has 20 heavy (non-hydrogen) atoms. The minimum atomic E-state index is 0.0793. The molecule has 1 aromatic heterocycles. The van der Waals surface area contributed by atoms with Gasteiger partial charge < -0.3 is 0 Å². The molecular formula is C16H17Br3S. The second-order valence-electron chi connectivity index (χ2n) is 4.93. The van der Waals surface area contributed by atoms with Gasteiger partial charge in [-0.1, -0.05) is 72.9 Å². The third kappa shape index (κ3) is 3.57. The summed E-state index contributed by atoms with van der Waals surface area (Å²) < 4.78 is 1.19. The van der Waals surface area contributed by atoms with E-state index >= 15 is 0 Å². The fraction of sp³-hybridized carbons (Fsp3) is 0.375. The van der Waals surface area contributed by atoms with Crippen LogP contribution in [-0.2, 0) is 18.3 Å². The Morgan fingerprint density at radius 1 is 1.00 bits per heavy atom. The van der Waals surface area contributed by atoms with E-state index in [0.29, 0.717) is 0 Å². The molecule has 0 unspecified atom stereocenters. The van der Waals surface area contributed by atoms with E-state index in [-0.39, 0.29) is 5.41 Å². The highest BCUT2D eigenvalue weighted by molar-refractivity contribution is 9.10. The van der Waals surface area contributed by atoms with Crippen LogP contribution in [-0.4, -0.2) is 10.7 Å². The maximum Gasteiger partial charge on any atom is 0.0213 e. The van der Waals surface area contributed by atoms with Crippen LogP contribution in [0.4, 0.5) is 0 Å². The second-order valence-corrected chi connectivity index (χ2v) is 8.15. The van der Waals surface area contributed by atoms with Gasteiger partial charge in [0.25, 0.3) is 0 Å². The molecule has 0 nitrogen and oxygen atoms in total. The molecule has 0 fully saturated rings. The monoisotopic (exact) mass is 478 g/mol. The van der Waals surface area contributed by atoms with Crippen LogP contribution in [0.15, 0.2) is 40.9 Å². The van der Waals surface area contributed by atoms with Gasteiger partial charge in [-0.3, -0.25) is 0 Å². The largest absolute Gasteiger partial charge is 0.145 e. The molecule has 1 heterocycles. The molecule has 2 aromatic rings. The van der Waals surface area contributed by atoms with Crippen molar-refractivity contribution in [3.8, 4) is 0 Å². The number of rotatable bonds is 6. The predicted molar refractivity (Wildman–Crippen MR) is 101 cm³/mol. The Balaban J connectivity index is 2.37. The van der Waals surface area contributed by atoms with Gasteiger partial charge in [0.05, 0.1) is 0 Å². The van der Waals surface area contributed by atoms with Crippen LogP contribution in [0, 0.1) is 0 Å². The first-order valence-corrected chi connectivity index (χ1v) is 10.4. The zero-order valence-electron chi connectivity index (χ0n) is 11.3. The summed E-state index contributed by atoms with van der Waals surface area (Å²) in [6.45, 7) is 2.21. The predicted octanol–water partition coefficient (Wildman–Crippen LogP) is 6.34. The zero-order valence-corrected chi connectivity index (χ0v) is 16.9. The molecule has 0 aliphatic rings. The van der Waals surface area contributed by atoms with Crippen molar-refractivity contribution in [1.82, 2.24) is 0 Å². The molecule has 0 radical (unpaired) electrons. The molecule has 0 saturated carbocycles. The fourth-order valence-electron chi connectivity index (χ4n) is 2.30. The molecule has 108 valence electrons. The smallest absolute Gasteiger partial charge is 0.0213 e. The van der Waals surface area contributed by atoms with Crippen molar-refractivity contribution in [3.05, 3.63) is 56.2 Å². The summed E-state index contributed by atoms with van der Waals surface area (Å²) in [5.74, 6) is 0. The normalized spacial score (nSPS) is 11.8. The van der Waals surface area contributed by atoms with Crippen molar-refractivity contribution in [2.45, 2.75) is 25.2 Å². The van der Waals surface area contributed by atoms with Gasteiger partial charge in [-0.2, -0.15) is 0 Å². The maximum absolute atomic E-state index is 3.74. The molecule has 0 saturated heterocycles. The highest BCUT2D eigenvalue weighted by atomic mass is 79.9. The lowest BCUT2D eigenvalue weighted by atomic mass is 9.81. The van der Waals surface area contributed by atoms with Crippen molar-refractivity contribution in [2.75, 3.05) is 10.7 Å². The van der Waals surface area contributed by atoms with Gasteiger partial charge in [-0.25, -0.2) is 0 Å². The highest BCUT2D eigenvalue weighted by Crippen LogP contribution is 2.38. The molecule has 0 aliphatic carbocycles. The summed E-state index contributed by atoms with van der Waals surface area (Å²) in [6.07, 6.45) is 2.17. The average molecular weight is 481 g/mol. The molecule has 0 spiro atoms. The van der Waals surface area contributed by atoms with Crippen molar-refractivity contribution < 1.29 is 0 Å². The summed E-state index contributed by atoms with van der Waals surface area (Å²) in [6, 6.07) is 13.1. The van der Waals surface area contributed by atoms with E-state index in [0.717, 1.165) is 23.5 Å². The van der Waals surface area contributed by atoms with Gasteiger partial charge in [0.1, 0.15) is 0 Å². The summed E-state index contributed by atoms with van der Waals surface area (Å²) >= 11 is 13.1. The van der Waals surface area contributed by atoms with Gasteiger partial charge in [-0.15, -0.1) is 11.3 Å². The standard InChI is InChI=1S/C16H17Br3S/c1-2-12-7-8-13(20-12)9-16(10-17,11-18)14-5-3-4-6-15(14)19/h3-8H,2,9-11H2,1H3. The van der Waals surface area contributed by atoms with Crippen molar-refractivity contribution >= 4 is 59.1 Å². The summed E-state index contributed by atoms with van der Waals surface area (Å²) in [4.78, 5) is 2.92. The lowest BCUT2D eigenvalue weighted by Crippen LogP contribution is -2.33. The van der Waals surface area contributed by atoms with Crippen LogP contribution >= 0.6 is 59.1 Å². The molecular weight excluding hydrogens is 464 g/mol. The fourth-order valence-corrected chi connectivity index (χ4v) is 6.04. The second kappa shape index (κ2) is 7.57. The third-order valence-electron chi connectivity index (χ3n) is 3.54. The molecule has 0 aliphatic heterocycles. The first kappa shape index (κ1) is 16.7. The number of halogens is 3. The van der Waals surface area contributed by atoms with Crippen LogP contribution in [0.5, 0.6) is 0 Å². The number of aryl methyl sites for hydroxylation is 1. The maximum atomic E-state index is 3.74. The molecule has 0 atom stereocenters. The number of hydrogen-bond acceptors (Lipinski definition) is 1. The van der Waals surface area contributed by atoms with E-state index in [4.69, 9.17) is 0 Å². The van der Waals surface area contributed by atoms with Gasteiger partial charge in [0.15, 0.2) is 0 Å². The van der Waals surface area contributed by atoms with Crippen molar-refractivity contribution in [3.63, 3.8) is 0 Å². The molecule has 0 N–H and O–H groups in total. The molecule has 0 bridgehead atoms. The van der Waals surface area contributed by atoms with Crippen LogP contribution in [0.1, 0.15) is 22.2 Å². The van der Waals surface area contributed by atoms with Crippen molar-refractivity contribution in [2.24, 2.45) is 0 Å². The topological polar surface area (TPSA) is 0 Å². The SMILES string of the molecule is CCc1ccc(CC(CBr)(CBr)c2ccccc2Br)s1. The third-order valence-corrected chi connectivity index (χ3v) is 7.60. The van der Waals surface area contributed by atoms with Crippen LogP contribution < -0.4 is 0 Å². The van der Waals surface area contributed by atoms with Crippen LogP contribution in [0.25, 0.3) is 0 Å². The Labute approximate surface area is 150 Å². The molecule has 4 heteroatoms. The molecule has 0 amide bonds. The summed E-state index contributed by atoms with van der Waals surface area (Å²) in [5, 5.41) is 1.88. The Morgan fingerprint density at radius 3 is 2.20 bits per heavy atom. The van der Waals surface area contributed by atoms with Crippen LogP contribution in [0.3, 0.4) is 0 Å². The van der Waals surface area contributed by atoms with Crippen LogP contribution in [0.2, 0.25) is 0 Å². The minimum absolute atomic E-state index is 0.0793. The van der Waals surface area contributed by atoms with Gasteiger partial charge >= 0.3 is 0 Å². The van der Waals surface area contributed by atoms with E-state index in [9.17, 15) is 0 Å².